The molecule has 3 atom stereocenters. The lowest BCUT2D eigenvalue weighted by Crippen LogP contribution is -2.41. The molecule has 8 heteroatoms. The smallest absolute Gasteiger partial charge is 0.348 e. The summed E-state index contributed by atoms with van der Waals surface area (Å²) in [6.07, 6.45) is 4.77. The number of rotatable bonds is 7. The highest BCUT2D eigenvalue weighted by atomic mass is 32.2. The third kappa shape index (κ3) is 3.80. The van der Waals surface area contributed by atoms with Crippen molar-refractivity contribution in [3.05, 3.63) is 27.0 Å². The number of hydrogen-bond donors (Lipinski definition) is 2. The molecule has 2 heterocycles. The lowest BCUT2D eigenvalue weighted by atomic mass is 10.2. The first-order valence-corrected chi connectivity index (χ1v) is 8.65. The Balaban J connectivity index is 2.17. The molecule has 22 heavy (non-hydrogen) atoms. The summed E-state index contributed by atoms with van der Waals surface area (Å²) in [6, 6.07) is 0. The van der Waals surface area contributed by atoms with Crippen LogP contribution in [-0.4, -0.2) is 42.5 Å². The molecular formula is C14H23N3O4S. The van der Waals surface area contributed by atoms with Crippen LogP contribution in [0.2, 0.25) is 0 Å². The summed E-state index contributed by atoms with van der Waals surface area (Å²) in [7, 11) is 0. The third-order valence-electron chi connectivity index (χ3n) is 3.88. The second kappa shape index (κ2) is 7.94. The second-order valence-corrected chi connectivity index (χ2v) is 6.96. The van der Waals surface area contributed by atoms with E-state index in [4.69, 9.17) is 0 Å². The summed E-state index contributed by atoms with van der Waals surface area (Å²) in [4.78, 5) is 24.3. The van der Waals surface area contributed by atoms with Crippen molar-refractivity contribution in [2.75, 3.05) is 6.61 Å². The Morgan fingerprint density at radius 3 is 2.77 bits per heavy atom. The van der Waals surface area contributed by atoms with Crippen LogP contribution in [-0.2, 0) is 6.54 Å². The Bertz CT molecular complexity index is 600. The van der Waals surface area contributed by atoms with Gasteiger partial charge in [-0.25, -0.2) is 9.48 Å². The molecule has 0 radical (unpaired) electrons. The predicted octanol–water partition coefficient (Wildman–Crippen LogP) is 0.343. The molecule has 124 valence electrons. The molecule has 1 saturated heterocycles. The molecule has 0 amide bonds. The van der Waals surface area contributed by atoms with Gasteiger partial charge in [-0.2, -0.15) is 5.10 Å². The molecule has 0 bridgehead atoms. The maximum atomic E-state index is 12.4. The Morgan fingerprint density at radius 2 is 2.14 bits per heavy atom. The molecular weight excluding hydrogens is 306 g/mol. The van der Waals surface area contributed by atoms with Gasteiger partial charge in [0.1, 0.15) is 11.6 Å². The van der Waals surface area contributed by atoms with Crippen LogP contribution in [0.3, 0.4) is 0 Å². The molecule has 1 fully saturated rings. The Morgan fingerprint density at radius 1 is 1.36 bits per heavy atom. The largest absolute Gasteiger partial charge is 0.395 e. The van der Waals surface area contributed by atoms with Gasteiger partial charge in [-0.05, 0) is 6.42 Å². The van der Waals surface area contributed by atoms with Crippen LogP contribution in [0.4, 0.5) is 0 Å². The summed E-state index contributed by atoms with van der Waals surface area (Å²) < 4.78 is 2.46. The maximum Gasteiger partial charge on any atom is 0.348 e. The zero-order valence-electron chi connectivity index (χ0n) is 12.7. The van der Waals surface area contributed by atoms with Gasteiger partial charge in [0, 0.05) is 13.0 Å². The zero-order chi connectivity index (χ0) is 16.1. The number of hydrogen-bond acceptors (Lipinski definition) is 6. The monoisotopic (exact) mass is 329 g/mol. The van der Waals surface area contributed by atoms with Crippen molar-refractivity contribution in [1.82, 2.24) is 14.3 Å². The standard InChI is InChI=1S/C14H23N3O4S/c1-2-3-4-5-6-16-12(20)8-15-17(14(16)21)13-7-10(19)11(9-18)22-13/h8,10-11,13,18-19H,2-7,9H2,1H3/t10-,11+,13+/m0/s1. The SMILES string of the molecule is CCCCCCn1c(=O)cnn([C@H]2C[C@H](O)[C@@H](CO)S2)c1=O. The minimum Gasteiger partial charge on any atom is -0.395 e. The molecule has 0 unspecified atom stereocenters. The fraction of sp³-hybridized carbons (Fsp3) is 0.786. The summed E-state index contributed by atoms with van der Waals surface area (Å²) in [5.41, 5.74) is -0.827. The number of aromatic nitrogens is 3. The average Bonchev–Trinajstić information content (AvgIpc) is 2.87. The van der Waals surface area contributed by atoms with Crippen molar-refractivity contribution < 1.29 is 10.2 Å². The molecule has 0 spiro atoms. The molecule has 1 aliphatic rings. The topological polar surface area (TPSA) is 97.3 Å². The van der Waals surface area contributed by atoms with Gasteiger partial charge in [0.05, 0.1) is 18.0 Å². The van der Waals surface area contributed by atoms with Crippen LogP contribution in [0.15, 0.2) is 15.8 Å². The first-order valence-electron chi connectivity index (χ1n) is 7.71. The molecule has 2 rings (SSSR count). The fourth-order valence-electron chi connectivity index (χ4n) is 2.58. The van der Waals surface area contributed by atoms with E-state index < -0.39 is 11.8 Å². The summed E-state index contributed by atoms with van der Waals surface area (Å²) >= 11 is 1.32. The van der Waals surface area contributed by atoms with Gasteiger partial charge in [-0.1, -0.05) is 26.2 Å². The van der Waals surface area contributed by atoms with E-state index in [1.165, 1.54) is 21.0 Å². The van der Waals surface area contributed by atoms with E-state index in [1.807, 2.05) is 0 Å². The van der Waals surface area contributed by atoms with Gasteiger partial charge in [-0.3, -0.25) is 9.36 Å². The van der Waals surface area contributed by atoms with E-state index in [-0.39, 0.29) is 22.8 Å². The van der Waals surface area contributed by atoms with E-state index in [9.17, 15) is 19.8 Å². The predicted molar refractivity (Wildman–Crippen MR) is 85.0 cm³/mol. The van der Waals surface area contributed by atoms with Gasteiger partial charge >= 0.3 is 5.69 Å². The zero-order valence-corrected chi connectivity index (χ0v) is 13.5. The van der Waals surface area contributed by atoms with Crippen molar-refractivity contribution in [2.45, 2.75) is 62.3 Å². The molecule has 1 aromatic rings. The molecule has 0 saturated carbocycles. The van der Waals surface area contributed by atoms with Crippen LogP contribution < -0.4 is 11.2 Å². The maximum absolute atomic E-state index is 12.4. The van der Waals surface area contributed by atoms with Crippen LogP contribution in [0.5, 0.6) is 0 Å². The van der Waals surface area contributed by atoms with Crippen molar-refractivity contribution in [3.8, 4) is 0 Å². The van der Waals surface area contributed by atoms with Gasteiger partial charge in [0.15, 0.2) is 0 Å². The minimum absolute atomic E-state index is 0.145. The second-order valence-electron chi connectivity index (χ2n) is 5.54. The van der Waals surface area contributed by atoms with Crippen molar-refractivity contribution in [1.29, 1.82) is 0 Å². The summed E-state index contributed by atoms with van der Waals surface area (Å²) in [6.45, 7) is 2.35. The number of nitrogens with zero attached hydrogens (tertiary/aromatic N) is 3. The normalized spacial score (nSPS) is 24.8. The first-order chi connectivity index (χ1) is 10.6. The molecule has 2 N–H and O–H groups in total. The number of aliphatic hydroxyl groups excluding tert-OH is 2. The Labute approximate surface area is 133 Å². The van der Waals surface area contributed by atoms with Crippen molar-refractivity contribution in [3.63, 3.8) is 0 Å². The van der Waals surface area contributed by atoms with Gasteiger partial charge in [-0.15, -0.1) is 11.8 Å². The van der Waals surface area contributed by atoms with Crippen LogP contribution in [0, 0.1) is 0 Å². The van der Waals surface area contributed by atoms with E-state index in [1.54, 1.807) is 0 Å². The highest BCUT2D eigenvalue weighted by molar-refractivity contribution is 8.00. The van der Waals surface area contributed by atoms with Crippen molar-refractivity contribution in [2.24, 2.45) is 0 Å². The lowest BCUT2D eigenvalue weighted by Gasteiger charge is -2.13. The number of aliphatic hydroxyl groups is 2. The van der Waals surface area contributed by atoms with Gasteiger partial charge in [0.25, 0.3) is 5.56 Å². The van der Waals surface area contributed by atoms with Crippen LogP contribution >= 0.6 is 11.8 Å². The van der Waals surface area contributed by atoms with E-state index >= 15 is 0 Å². The number of thioether (sulfide) groups is 1. The first kappa shape index (κ1) is 17.2. The highest BCUT2D eigenvalue weighted by Gasteiger charge is 2.35. The lowest BCUT2D eigenvalue weighted by molar-refractivity contribution is 0.136. The molecule has 0 aliphatic carbocycles. The third-order valence-corrected chi connectivity index (χ3v) is 5.40. The van der Waals surface area contributed by atoms with E-state index in [0.29, 0.717) is 13.0 Å². The van der Waals surface area contributed by atoms with Gasteiger partial charge in [0.2, 0.25) is 0 Å². The minimum atomic E-state index is -0.668. The van der Waals surface area contributed by atoms with Gasteiger partial charge < -0.3 is 10.2 Å². The van der Waals surface area contributed by atoms with E-state index in [0.717, 1.165) is 31.9 Å². The quantitative estimate of drug-likeness (QED) is 0.700. The fourth-order valence-corrected chi connectivity index (χ4v) is 3.93. The van der Waals surface area contributed by atoms with E-state index in [2.05, 4.69) is 12.0 Å². The molecule has 7 nitrogen and oxygen atoms in total. The van der Waals surface area contributed by atoms with Crippen LogP contribution in [0.1, 0.15) is 44.4 Å². The van der Waals surface area contributed by atoms with Crippen molar-refractivity contribution >= 4 is 11.8 Å². The molecule has 1 aliphatic heterocycles. The summed E-state index contributed by atoms with van der Waals surface area (Å²) in [5.74, 6) is 0. The molecule has 1 aromatic heterocycles. The van der Waals surface area contributed by atoms with Crippen LogP contribution in [0.25, 0.3) is 0 Å². The Kier molecular flexibility index (Phi) is 6.22. The highest BCUT2D eigenvalue weighted by Crippen LogP contribution is 2.39. The summed E-state index contributed by atoms with van der Waals surface area (Å²) in [5, 5.41) is 22.3. The average molecular weight is 329 g/mol. The Hall–Kier alpha value is -1.12. The number of unbranched alkanes of at least 4 members (excludes halogenated alkanes) is 3. The molecule has 0 aromatic carbocycles.